The van der Waals surface area contributed by atoms with Gasteiger partial charge in [-0.1, -0.05) is 45.0 Å². The number of ether oxygens (including phenoxy) is 1. The van der Waals surface area contributed by atoms with Gasteiger partial charge in [0.2, 0.25) is 0 Å². The monoisotopic (exact) mass is 333 g/mol. The minimum absolute atomic E-state index is 0.243. The zero-order valence-electron chi connectivity index (χ0n) is 13.7. The van der Waals surface area contributed by atoms with Crippen molar-refractivity contribution in [2.24, 2.45) is 0 Å². The first kappa shape index (κ1) is 17.3. The van der Waals surface area contributed by atoms with Gasteiger partial charge in [-0.05, 0) is 42.2 Å². The van der Waals surface area contributed by atoms with Crippen LogP contribution >= 0.6 is 0 Å². The summed E-state index contributed by atoms with van der Waals surface area (Å²) in [6.45, 7) is 6.69. The summed E-state index contributed by atoms with van der Waals surface area (Å²) in [6, 6.07) is 14.0. The van der Waals surface area contributed by atoms with Gasteiger partial charge in [-0.3, -0.25) is 4.72 Å². The second-order valence-electron chi connectivity index (χ2n) is 5.67. The first-order valence-electron chi connectivity index (χ1n) is 7.78. The van der Waals surface area contributed by atoms with Crippen molar-refractivity contribution in [3.05, 3.63) is 54.1 Å². The molecule has 0 unspecified atom stereocenters. The van der Waals surface area contributed by atoms with Gasteiger partial charge in [0.05, 0.1) is 17.2 Å². The third-order valence-corrected chi connectivity index (χ3v) is 4.83. The van der Waals surface area contributed by atoms with Gasteiger partial charge in [-0.15, -0.1) is 0 Å². The lowest BCUT2D eigenvalue weighted by atomic mass is 10.0. The number of hydrogen-bond acceptors (Lipinski definition) is 3. The number of rotatable bonds is 7. The highest BCUT2D eigenvalue weighted by molar-refractivity contribution is 7.92. The fraction of sp³-hybridized carbons (Fsp3) is 0.333. The standard InChI is InChI=1S/C18H23NO3S/c1-4-13-22-18-8-6-5-7-17(18)19-23(20,21)16-11-9-15(10-12-16)14(2)3/h5-12,14,19H,4,13H2,1-3H3. The van der Waals surface area contributed by atoms with E-state index in [4.69, 9.17) is 4.74 Å². The Balaban J connectivity index is 2.24. The molecular formula is C18H23NO3S. The third kappa shape index (κ3) is 4.48. The Bertz CT molecular complexity index is 737. The van der Waals surface area contributed by atoms with Gasteiger partial charge >= 0.3 is 0 Å². The fourth-order valence-corrected chi connectivity index (χ4v) is 3.19. The second-order valence-corrected chi connectivity index (χ2v) is 7.36. The van der Waals surface area contributed by atoms with E-state index in [2.05, 4.69) is 18.6 Å². The fourth-order valence-electron chi connectivity index (χ4n) is 2.12. The van der Waals surface area contributed by atoms with E-state index in [1.54, 1.807) is 30.3 Å². The minimum Gasteiger partial charge on any atom is -0.491 e. The van der Waals surface area contributed by atoms with Crippen molar-refractivity contribution < 1.29 is 13.2 Å². The van der Waals surface area contributed by atoms with Crippen LogP contribution in [0.4, 0.5) is 5.69 Å². The zero-order valence-corrected chi connectivity index (χ0v) is 14.6. The molecule has 0 aliphatic carbocycles. The molecule has 0 bridgehead atoms. The Kier molecular flexibility index (Phi) is 5.66. The number of sulfonamides is 1. The van der Waals surface area contributed by atoms with E-state index in [1.165, 1.54) is 0 Å². The summed E-state index contributed by atoms with van der Waals surface area (Å²) in [7, 11) is -3.63. The molecule has 0 saturated heterocycles. The van der Waals surface area contributed by atoms with E-state index in [9.17, 15) is 8.42 Å². The lowest BCUT2D eigenvalue weighted by Crippen LogP contribution is -2.14. The van der Waals surface area contributed by atoms with Crippen molar-refractivity contribution in [3.8, 4) is 5.75 Å². The van der Waals surface area contributed by atoms with Crippen LogP contribution in [0.1, 0.15) is 38.7 Å². The van der Waals surface area contributed by atoms with E-state index >= 15 is 0 Å². The van der Waals surface area contributed by atoms with Gasteiger partial charge in [0, 0.05) is 0 Å². The molecule has 0 atom stereocenters. The summed E-state index contributed by atoms with van der Waals surface area (Å²) in [6.07, 6.45) is 0.859. The summed E-state index contributed by atoms with van der Waals surface area (Å²) < 4.78 is 33.3. The predicted octanol–water partition coefficient (Wildman–Crippen LogP) is 4.40. The zero-order chi connectivity index (χ0) is 16.9. The van der Waals surface area contributed by atoms with E-state index in [0.717, 1.165) is 12.0 Å². The minimum atomic E-state index is -3.63. The van der Waals surface area contributed by atoms with Crippen LogP contribution < -0.4 is 9.46 Å². The van der Waals surface area contributed by atoms with Gasteiger partial charge < -0.3 is 4.74 Å². The van der Waals surface area contributed by atoms with Crippen LogP contribution in [0.2, 0.25) is 0 Å². The Labute approximate surface area is 138 Å². The van der Waals surface area contributed by atoms with Crippen molar-refractivity contribution >= 4 is 15.7 Å². The predicted molar refractivity (Wildman–Crippen MR) is 93.6 cm³/mol. The molecule has 0 heterocycles. The lowest BCUT2D eigenvalue weighted by Gasteiger charge is -2.13. The lowest BCUT2D eigenvalue weighted by molar-refractivity contribution is 0.319. The summed E-state index contributed by atoms with van der Waals surface area (Å²) >= 11 is 0. The van der Waals surface area contributed by atoms with Gasteiger partial charge in [0.15, 0.2) is 0 Å². The summed E-state index contributed by atoms with van der Waals surface area (Å²) in [5.74, 6) is 0.902. The number of benzene rings is 2. The molecule has 124 valence electrons. The number of nitrogens with one attached hydrogen (secondary N) is 1. The van der Waals surface area contributed by atoms with Gasteiger partial charge in [0.25, 0.3) is 10.0 Å². The molecule has 0 amide bonds. The van der Waals surface area contributed by atoms with Gasteiger partial charge in [0.1, 0.15) is 5.75 Å². The Morgan fingerprint density at radius 2 is 1.70 bits per heavy atom. The van der Waals surface area contributed by atoms with Crippen molar-refractivity contribution in [2.75, 3.05) is 11.3 Å². The molecule has 2 rings (SSSR count). The molecule has 2 aromatic rings. The highest BCUT2D eigenvalue weighted by Gasteiger charge is 2.16. The molecule has 2 aromatic carbocycles. The van der Waals surface area contributed by atoms with E-state index in [-0.39, 0.29) is 4.90 Å². The topological polar surface area (TPSA) is 55.4 Å². The van der Waals surface area contributed by atoms with Crippen LogP contribution in [0.3, 0.4) is 0 Å². The molecule has 0 aliphatic heterocycles. The molecule has 0 spiro atoms. The van der Waals surface area contributed by atoms with Crippen molar-refractivity contribution in [1.82, 2.24) is 0 Å². The summed E-state index contributed by atoms with van der Waals surface area (Å²) in [4.78, 5) is 0.243. The van der Waals surface area contributed by atoms with E-state index in [1.807, 2.05) is 25.1 Å². The molecule has 0 radical (unpaired) electrons. The molecule has 0 fully saturated rings. The molecule has 0 saturated carbocycles. The van der Waals surface area contributed by atoms with Gasteiger partial charge in [-0.25, -0.2) is 8.42 Å². The molecule has 0 aromatic heterocycles. The normalized spacial score (nSPS) is 11.5. The first-order chi connectivity index (χ1) is 10.9. The van der Waals surface area contributed by atoms with Crippen molar-refractivity contribution in [3.63, 3.8) is 0 Å². The van der Waals surface area contributed by atoms with Crippen molar-refractivity contribution in [1.29, 1.82) is 0 Å². The Hall–Kier alpha value is -2.01. The van der Waals surface area contributed by atoms with Crippen LogP contribution in [0.25, 0.3) is 0 Å². The maximum Gasteiger partial charge on any atom is 0.262 e. The quantitative estimate of drug-likeness (QED) is 0.817. The van der Waals surface area contributed by atoms with Crippen molar-refractivity contribution in [2.45, 2.75) is 38.0 Å². The highest BCUT2D eigenvalue weighted by Crippen LogP contribution is 2.27. The smallest absolute Gasteiger partial charge is 0.262 e. The molecular weight excluding hydrogens is 310 g/mol. The highest BCUT2D eigenvalue weighted by atomic mass is 32.2. The third-order valence-electron chi connectivity index (χ3n) is 3.45. The summed E-state index contributed by atoms with van der Waals surface area (Å²) in [5, 5.41) is 0. The summed E-state index contributed by atoms with van der Waals surface area (Å²) in [5.41, 5.74) is 1.56. The number of para-hydroxylation sites is 2. The first-order valence-corrected chi connectivity index (χ1v) is 9.27. The SMILES string of the molecule is CCCOc1ccccc1NS(=O)(=O)c1ccc(C(C)C)cc1. The number of hydrogen-bond donors (Lipinski definition) is 1. The molecule has 5 heteroatoms. The maximum absolute atomic E-state index is 12.5. The van der Waals surface area contributed by atoms with Crippen LogP contribution in [0, 0.1) is 0 Å². The number of anilines is 1. The Morgan fingerprint density at radius 3 is 2.30 bits per heavy atom. The average Bonchev–Trinajstić information content (AvgIpc) is 2.54. The van der Waals surface area contributed by atoms with Crippen LogP contribution in [-0.4, -0.2) is 15.0 Å². The van der Waals surface area contributed by atoms with E-state index < -0.39 is 10.0 Å². The average molecular weight is 333 g/mol. The second kappa shape index (κ2) is 7.51. The van der Waals surface area contributed by atoms with Crippen LogP contribution in [0.5, 0.6) is 5.75 Å². The van der Waals surface area contributed by atoms with Gasteiger partial charge in [-0.2, -0.15) is 0 Å². The van der Waals surface area contributed by atoms with Crippen LogP contribution in [0.15, 0.2) is 53.4 Å². The molecule has 0 aliphatic rings. The largest absolute Gasteiger partial charge is 0.491 e. The molecule has 23 heavy (non-hydrogen) atoms. The molecule has 1 N–H and O–H groups in total. The van der Waals surface area contributed by atoms with Crippen LogP contribution in [-0.2, 0) is 10.0 Å². The molecule has 4 nitrogen and oxygen atoms in total. The van der Waals surface area contributed by atoms with E-state index in [0.29, 0.717) is 24.0 Å². The maximum atomic E-state index is 12.5. The Morgan fingerprint density at radius 1 is 1.04 bits per heavy atom.